The average Bonchev–Trinajstić information content (AvgIpc) is 3.33. The van der Waals surface area contributed by atoms with Crippen LogP contribution in [0.3, 0.4) is 0 Å². The number of hydrogen-bond acceptors (Lipinski definition) is 6. The minimum atomic E-state index is -0.445. The minimum absolute atomic E-state index is 0.325. The monoisotopic (exact) mass is 375 g/mol. The first kappa shape index (κ1) is 17.4. The number of thiazole rings is 1. The first-order valence-corrected chi connectivity index (χ1v) is 9.41. The van der Waals surface area contributed by atoms with Crippen molar-refractivity contribution in [1.82, 2.24) is 9.97 Å². The molecular weight excluding hydrogens is 358 g/mol. The Kier molecular flexibility index (Phi) is 5.00. The predicted octanol–water partition coefficient (Wildman–Crippen LogP) is 4.11. The summed E-state index contributed by atoms with van der Waals surface area (Å²) in [6.07, 6.45) is 0.596. The van der Waals surface area contributed by atoms with Crippen LogP contribution in [-0.2, 0) is 11.2 Å². The van der Waals surface area contributed by atoms with Crippen LogP contribution in [0.1, 0.15) is 39.0 Å². The first-order chi connectivity index (χ1) is 12.0. The van der Waals surface area contributed by atoms with E-state index in [9.17, 15) is 9.59 Å². The Balaban J connectivity index is 1.84. The van der Waals surface area contributed by atoms with Crippen molar-refractivity contribution in [3.63, 3.8) is 0 Å². The minimum Gasteiger partial charge on any atom is -0.465 e. The van der Waals surface area contributed by atoms with Crippen LogP contribution in [0, 0.1) is 6.92 Å². The van der Waals surface area contributed by atoms with Crippen molar-refractivity contribution in [2.75, 3.05) is 12.4 Å². The molecule has 0 spiro atoms. The van der Waals surface area contributed by atoms with E-state index in [1.165, 1.54) is 18.4 Å². The van der Waals surface area contributed by atoms with Crippen LogP contribution in [0.5, 0.6) is 0 Å². The van der Waals surface area contributed by atoms with Gasteiger partial charge in [0.25, 0.3) is 5.91 Å². The number of nitrogens with one attached hydrogen (secondary N) is 2. The fourth-order valence-electron chi connectivity index (χ4n) is 2.56. The molecule has 2 N–H and O–H groups in total. The Hall–Kier alpha value is -2.45. The van der Waals surface area contributed by atoms with Gasteiger partial charge in [0.1, 0.15) is 5.69 Å². The highest BCUT2D eigenvalue weighted by atomic mass is 32.1. The van der Waals surface area contributed by atoms with Crippen molar-refractivity contribution in [2.24, 2.45) is 0 Å². The van der Waals surface area contributed by atoms with Crippen molar-refractivity contribution < 1.29 is 14.3 Å². The number of nitrogens with zero attached hydrogens (tertiary/aromatic N) is 1. The molecule has 0 aromatic carbocycles. The van der Waals surface area contributed by atoms with Crippen molar-refractivity contribution >= 4 is 39.7 Å². The molecule has 3 heterocycles. The Labute approximate surface area is 152 Å². The van der Waals surface area contributed by atoms with Crippen molar-refractivity contribution in [2.45, 2.75) is 20.3 Å². The molecule has 25 heavy (non-hydrogen) atoms. The molecule has 0 atom stereocenters. The third-order valence-electron chi connectivity index (χ3n) is 3.80. The maximum absolute atomic E-state index is 12.6. The quantitative estimate of drug-likeness (QED) is 0.657. The number of methoxy groups -OCH3 is 1. The second-order valence-corrected chi connectivity index (χ2v) is 7.10. The lowest BCUT2D eigenvalue weighted by Crippen LogP contribution is -2.14. The first-order valence-electron chi connectivity index (χ1n) is 7.65. The standard InChI is InChI=1S/C17H17N3O3S2/c1-4-10-13(16(22)23-3)9(2)14(18-10)15(21)20-17-19-11(8-25-17)12-6-5-7-24-12/h5-8,18H,4H2,1-3H3,(H,19,20,21). The van der Waals surface area contributed by atoms with Crippen molar-refractivity contribution in [3.8, 4) is 10.6 Å². The molecule has 1 amide bonds. The number of anilines is 1. The number of hydrogen-bond donors (Lipinski definition) is 2. The van der Waals surface area contributed by atoms with Gasteiger partial charge in [-0.05, 0) is 30.4 Å². The number of rotatable bonds is 5. The highest BCUT2D eigenvalue weighted by Gasteiger charge is 2.24. The fourth-order valence-corrected chi connectivity index (χ4v) is 4.02. The molecule has 8 heteroatoms. The van der Waals surface area contributed by atoms with Crippen LogP contribution in [-0.4, -0.2) is 29.0 Å². The second kappa shape index (κ2) is 7.20. The van der Waals surface area contributed by atoms with Gasteiger partial charge in [0, 0.05) is 11.1 Å². The van der Waals surface area contributed by atoms with E-state index in [-0.39, 0.29) is 5.91 Å². The molecule has 0 saturated heterocycles. The van der Waals surface area contributed by atoms with Gasteiger partial charge in [0.05, 0.1) is 23.2 Å². The van der Waals surface area contributed by atoms with Gasteiger partial charge in [-0.15, -0.1) is 22.7 Å². The van der Waals surface area contributed by atoms with Crippen LogP contribution in [0.4, 0.5) is 5.13 Å². The van der Waals surface area contributed by atoms with E-state index in [0.717, 1.165) is 10.6 Å². The number of H-pyrrole nitrogens is 1. The molecule has 130 valence electrons. The third kappa shape index (κ3) is 3.35. The van der Waals surface area contributed by atoms with E-state index in [0.29, 0.717) is 34.1 Å². The molecule has 0 aliphatic rings. The molecule has 0 aliphatic carbocycles. The molecule has 0 unspecified atom stereocenters. The molecule has 0 fully saturated rings. The maximum Gasteiger partial charge on any atom is 0.339 e. The summed E-state index contributed by atoms with van der Waals surface area (Å²) in [5.74, 6) is -0.770. The topological polar surface area (TPSA) is 84.1 Å². The Morgan fingerprint density at radius 3 is 2.80 bits per heavy atom. The number of aromatic amines is 1. The average molecular weight is 375 g/mol. The molecule has 0 radical (unpaired) electrons. The highest BCUT2D eigenvalue weighted by molar-refractivity contribution is 7.16. The van der Waals surface area contributed by atoms with Gasteiger partial charge in [-0.3, -0.25) is 10.1 Å². The zero-order chi connectivity index (χ0) is 18.0. The lowest BCUT2D eigenvalue weighted by atomic mass is 10.1. The summed E-state index contributed by atoms with van der Waals surface area (Å²) in [6.45, 7) is 3.64. The maximum atomic E-state index is 12.6. The Bertz CT molecular complexity index is 910. The van der Waals surface area contributed by atoms with E-state index in [1.807, 2.05) is 29.8 Å². The number of esters is 1. The lowest BCUT2D eigenvalue weighted by molar-refractivity contribution is 0.0599. The van der Waals surface area contributed by atoms with Gasteiger partial charge < -0.3 is 9.72 Å². The summed E-state index contributed by atoms with van der Waals surface area (Å²) in [4.78, 5) is 33.1. The van der Waals surface area contributed by atoms with E-state index in [2.05, 4.69) is 15.3 Å². The number of aromatic nitrogens is 2. The predicted molar refractivity (Wildman–Crippen MR) is 99.6 cm³/mol. The van der Waals surface area contributed by atoms with Gasteiger partial charge in [0.15, 0.2) is 5.13 Å². The summed E-state index contributed by atoms with van der Waals surface area (Å²) in [5.41, 5.74) is 2.88. The van der Waals surface area contributed by atoms with Crippen LogP contribution in [0.25, 0.3) is 10.6 Å². The van der Waals surface area contributed by atoms with Gasteiger partial charge in [-0.25, -0.2) is 9.78 Å². The van der Waals surface area contributed by atoms with E-state index in [4.69, 9.17) is 4.74 Å². The number of aryl methyl sites for hydroxylation is 1. The van der Waals surface area contributed by atoms with Crippen molar-refractivity contribution in [3.05, 3.63) is 45.4 Å². The van der Waals surface area contributed by atoms with E-state index in [1.54, 1.807) is 18.3 Å². The molecule has 0 saturated carbocycles. The van der Waals surface area contributed by atoms with Gasteiger partial charge in [-0.1, -0.05) is 13.0 Å². The smallest absolute Gasteiger partial charge is 0.339 e. The molecule has 0 bridgehead atoms. The fraction of sp³-hybridized carbons (Fsp3) is 0.235. The SMILES string of the molecule is CCc1[nH]c(C(=O)Nc2nc(-c3cccs3)cs2)c(C)c1C(=O)OC. The second-order valence-electron chi connectivity index (χ2n) is 5.29. The number of ether oxygens (including phenoxy) is 1. The molecule has 3 aromatic rings. The Morgan fingerprint density at radius 2 is 2.16 bits per heavy atom. The Morgan fingerprint density at radius 1 is 1.36 bits per heavy atom. The van der Waals surface area contributed by atoms with E-state index < -0.39 is 5.97 Å². The molecular formula is C17H17N3O3S2. The number of amides is 1. The van der Waals surface area contributed by atoms with Crippen LogP contribution in [0.15, 0.2) is 22.9 Å². The zero-order valence-corrected chi connectivity index (χ0v) is 15.6. The van der Waals surface area contributed by atoms with Crippen molar-refractivity contribution in [1.29, 1.82) is 0 Å². The van der Waals surface area contributed by atoms with Gasteiger partial charge in [0.2, 0.25) is 0 Å². The lowest BCUT2D eigenvalue weighted by Gasteiger charge is -2.02. The zero-order valence-electron chi connectivity index (χ0n) is 14.0. The van der Waals surface area contributed by atoms with Crippen LogP contribution >= 0.6 is 22.7 Å². The number of thiophene rings is 1. The normalized spacial score (nSPS) is 10.7. The number of carbonyl (C=O) groups excluding carboxylic acids is 2. The third-order valence-corrected chi connectivity index (χ3v) is 5.45. The molecule has 6 nitrogen and oxygen atoms in total. The van der Waals surface area contributed by atoms with E-state index >= 15 is 0 Å². The summed E-state index contributed by atoms with van der Waals surface area (Å²) in [5, 5.41) is 7.19. The summed E-state index contributed by atoms with van der Waals surface area (Å²) < 4.78 is 4.82. The van der Waals surface area contributed by atoms with Gasteiger partial charge >= 0.3 is 5.97 Å². The van der Waals surface area contributed by atoms with Crippen LogP contribution < -0.4 is 5.32 Å². The summed E-state index contributed by atoms with van der Waals surface area (Å²) in [6, 6.07) is 3.94. The molecule has 3 rings (SSSR count). The molecule has 3 aromatic heterocycles. The number of carbonyl (C=O) groups is 2. The molecule has 0 aliphatic heterocycles. The summed E-state index contributed by atoms with van der Waals surface area (Å²) >= 11 is 2.96. The largest absolute Gasteiger partial charge is 0.465 e. The van der Waals surface area contributed by atoms with Gasteiger partial charge in [-0.2, -0.15) is 0 Å². The summed E-state index contributed by atoms with van der Waals surface area (Å²) in [7, 11) is 1.33. The van der Waals surface area contributed by atoms with Crippen LogP contribution in [0.2, 0.25) is 0 Å². The highest BCUT2D eigenvalue weighted by Crippen LogP contribution is 2.29.